The van der Waals surface area contributed by atoms with Gasteiger partial charge in [-0.2, -0.15) is 18.2 Å². The summed E-state index contributed by atoms with van der Waals surface area (Å²) in [6.45, 7) is 1.76. The highest BCUT2D eigenvalue weighted by Gasteiger charge is 2.34. The average Bonchev–Trinajstić information content (AvgIpc) is 2.41. The molecule has 0 amide bonds. The molecular formula is C13H11ClF3N3O. The first-order valence-corrected chi connectivity index (χ1v) is 6.25. The normalized spacial score (nSPS) is 11.3. The molecule has 0 spiro atoms. The van der Waals surface area contributed by atoms with Gasteiger partial charge in [-0.05, 0) is 30.7 Å². The molecule has 1 aromatic carbocycles. The van der Waals surface area contributed by atoms with E-state index in [9.17, 15) is 13.2 Å². The van der Waals surface area contributed by atoms with Gasteiger partial charge in [0, 0.05) is 18.1 Å². The third kappa shape index (κ3) is 3.75. The van der Waals surface area contributed by atoms with Crippen molar-refractivity contribution in [3.05, 3.63) is 40.5 Å². The van der Waals surface area contributed by atoms with Crippen LogP contribution in [0.2, 0.25) is 5.02 Å². The van der Waals surface area contributed by atoms with Crippen LogP contribution in [-0.4, -0.2) is 17.0 Å². The van der Waals surface area contributed by atoms with Crippen molar-refractivity contribution in [2.24, 2.45) is 0 Å². The van der Waals surface area contributed by atoms with Gasteiger partial charge in [-0.15, -0.1) is 0 Å². The van der Waals surface area contributed by atoms with E-state index >= 15 is 0 Å². The van der Waals surface area contributed by atoms with Crippen molar-refractivity contribution in [2.75, 3.05) is 12.4 Å². The minimum Gasteiger partial charge on any atom is -0.439 e. The molecule has 0 saturated heterocycles. The third-order valence-electron chi connectivity index (χ3n) is 2.57. The van der Waals surface area contributed by atoms with E-state index < -0.39 is 11.9 Å². The van der Waals surface area contributed by atoms with Crippen LogP contribution in [0.25, 0.3) is 0 Å². The van der Waals surface area contributed by atoms with Crippen molar-refractivity contribution in [1.82, 2.24) is 9.97 Å². The summed E-state index contributed by atoms with van der Waals surface area (Å²) < 4.78 is 43.6. The Morgan fingerprint density at radius 2 is 1.90 bits per heavy atom. The fraction of sp³-hybridized carbons (Fsp3) is 0.231. The largest absolute Gasteiger partial charge is 0.439 e. The lowest BCUT2D eigenvalue weighted by atomic mass is 10.2. The van der Waals surface area contributed by atoms with Crippen LogP contribution in [0.15, 0.2) is 24.3 Å². The standard InChI is InChI=1S/C13H11ClF3N3O/c1-7-5-8(3-4-9(7)14)21-11-6-10(13(15,16)17)19-12(18-2)20-11/h3-6H,1-2H3,(H,18,19,20). The molecule has 21 heavy (non-hydrogen) atoms. The fourth-order valence-corrected chi connectivity index (χ4v) is 1.65. The van der Waals surface area contributed by atoms with E-state index in [2.05, 4.69) is 15.3 Å². The third-order valence-corrected chi connectivity index (χ3v) is 2.99. The van der Waals surface area contributed by atoms with Crippen LogP contribution in [0.5, 0.6) is 11.6 Å². The van der Waals surface area contributed by atoms with Gasteiger partial charge in [0.2, 0.25) is 11.8 Å². The van der Waals surface area contributed by atoms with Gasteiger partial charge in [-0.25, -0.2) is 4.98 Å². The van der Waals surface area contributed by atoms with E-state index in [0.717, 1.165) is 11.6 Å². The smallest absolute Gasteiger partial charge is 0.433 e. The summed E-state index contributed by atoms with van der Waals surface area (Å²) in [7, 11) is 1.42. The van der Waals surface area contributed by atoms with E-state index in [1.807, 2.05) is 0 Å². The molecule has 4 nitrogen and oxygen atoms in total. The van der Waals surface area contributed by atoms with Crippen LogP contribution in [0, 0.1) is 6.92 Å². The van der Waals surface area contributed by atoms with Crippen molar-refractivity contribution in [3.8, 4) is 11.6 Å². The van der Waals surface area contributed by atoms with E-state index in [4.69, 9.17) is 16.3 Å². The highest BCUT2D eigenvalue weighted by atomic mass is 35.5. The summed E-state index contributed by atoms with van der Waals surface area (Å²) in [5.74, 6) is -0.0420. The summed E-state index contributed by atoms with van der Waals surface area (Å²) in [4.78, 5) is 7.18. The zero-order chi connectivity index (χ0) is 15.6. The second-order valence-corrected chi connectivity index (χ2v) is 4.58. The monoisotopic (exact) mass is 317 g/mol. The van der Waals surface area contributed by atoms with Gasteiger partial charge in [0.15, 0.2) is 5.69 Å². The predicted molar refractivity (Wildman–Crippen MR) is 72.8 cm³/mol. The zero-order valence-corrected chi connectivity index (χ0v) is 11.9. The van der Waals surface area contributed by atoms with E-state index in [1.165, 1.54) is 7.05 Å². The zero-order valence-electron chi connectivity index (χ0n) is 11.1. The summed E-state index contributed by atoms with van der Waals surface area (Å²) in [6.07, 6.45) is -4.58. The summed E-state index contributed by atoms with van der Waals surface area (Å²) in [5, 5.41) is 3.00. The quantitative estimate of drug-likeness (QED) is 0.917. The summed E-state index contributed by atoms with van der Waals surface area (Å²) in [6, 6.07) is 5.49. The maximum absolute atomic E-state index is 12.7. The lowest BCUT2D eigenvalue weighted by Gasteiger charge is -2.11. The van der Waals surface area contributed by atoms with Crippen LogP contribution in [-0.2, 0) is 6.18 Å². The van der Waals surface area contributed by atoms with Crippen molar-refractivity contribution in [1.29, 1.82) is 0 Å². The lowest BCUT2D eigenvalue weighted by Crippen LogP contribution is -2.11. The number of alkyl halides is 3. The SMILES string of the molecule is CNc1nc(Oc2ccc(Cl)c(C)c2)cc(C(F)(F)F)n1. The number of halogens is 4. The van der Waals surface area contributed by atoms with E-state index in [-0.39, 0.29) is 11.8 Å². The Labute approximate surface area is 123 Å². The van der Waals surface area contributed by atoms with Crippen LogP contribution in [0.1, 0.15) is 11.3 Å². The number of nitrogens with zero attached hydrogens (tertiary/aromatic N) is 2. The highest BCUT2D eigenvalue weighted by Crippen LogP contribution is 2.32. The number of ether oxygens (including phenoxy) is 1. The predicted octanol–water partition coefficient (Wildman–Crippen LogP) is 4.29. The van der Waals surface area contributed by atoms with Gasteiger partial charge in [-0.1, -0.05) is 11.6 Å². The Morgan fingerprint density at radius 3 is 2.48 bits per heavy atom. The first kappa shape index (κ1) is 15.4. The van der Waals surface area contributed by atoms with Crippen molar-refractivity contribution < 1.29 is 17.9 Å². The van der Waals surface area contributed by atoms with Crippen LogP contribution >= 0.6 is 11.6 Å². The Balaban J connectivity index is 2.36. The number of benzene rings is 1. The number of hydrogen-bond acceptors (Lipinski definition) is 4. The molecule has 0 aliphatic heterocycles. The molecular weight excluding hydrogens is 307 g/mol. The Morgan fingerprint density at radius 1 is 1.19 bits per heavy atom. The average molecular weight is 318 g/mol. The maximum Gasteiger partial charge on any atom is 0.433 e. The molecule has 0 fully saturated rings. The molecule has 0 unspecified atom stereocenters. The Kier molecular flexibility index (Phi) is 4.22. The minimum atomic E-state index is -4.58. The molecule has 1 N–H and O–H groups in total. The van der Waals surface area contributed by atoms with Gasteiger partial charge in [-0.3, -0.25) is 0 Å². The topological polar surface area (TPSA) is 47.0 Å². The van der Waals surface area contributed by atoms with Gasteiger partial charge >= 0.3 is 6.18 Å². The summed E-state index contributed by atoms with van der Waals surface area (Å²) in [5.41, 5.74) is -0.337. The number of aryl methyl sites for hydroxylation is 1. The van der Waals surface area contributed by atoms with Crippen LogP contribution < -0.4 is 10.1 Å². The first-order valence-electron chi connectivity index (χ1n) is 5.87. The number of aromatic nitrogens is 2. The number of rotatable bonds is 3. The molecule has 1 aromatic heterocycles. The van der Waals surface area contributed by atoms with Crippen molar-refractivity contribution >= 4 is 17.5 Å². The second-order valence-electron chi connectivity index (χ2n) is 4.18. The van der Waals surface area contributed by atoms with E-state index in [1.54, 1.807) is 25.1 Å². The van der Waals surface area contributed by atoms with Gasteiger partial charge in [0.1, 0.15) is 5.75 Å². The highest BCUT2D eigenvalue weighted by molar-refractivity contribution is 6.31. The lowest BCUT2D eigenvalue weighted by molar-refractivity contribution is -0.141. The maximum atomic E-state index is 12.7. The molecule has 1 heterocycles. The van der Waals surface area contributed by atoms with Gasteiger partial charge < -0.3 is 10.1 Å². The number of hydrogen-bond donors (Lipinski definition) is 1. The minimum absolute atomic E-state index is 0.175. The van der Waals surface area contributed by atoms with Gasteiger partial charge in [0.25, 0.3) is 0 Å². The molecule has 112 valence electrons. The number of anilines is 1. The molecule has 2 aromatic rings. The fourth-order valence-electron chi connectivity index (χ4n) is 1.54. The Bertz CT molecular complexity index is 662. The molecule has 0 saturated carbocycles. The molecule has 0 aliphatic rings. The Hall–Kier alpha value is -2.02. The number of nitrogens with one attached hydrogen (secondary N) is 1. The van der Waals surface area contributed by atoms with Crippen molar-refractivity contribution in [2.45, 2.75) is 13.1 Å². The van der Waals surface area contributed by atoms with Crippen LogP contribution in [0.4, 0.5) is 19.1 Å². The van der Waals surface area contributed by atoms with Crippen LogP contribution in [0.3, 0.4) is 0 Å². The second kappa shape index (κ2) is 5.77. The van der Waals surface area contributed by atoms with E-state index in [0.29, 0.717) is 10.8 Å². The van der Waals surface area contributed by atoms with Crippen molar-refractivity contribution in [3.63, 3.8) is 0 Å². The molecule has 2 rings (SSSR count). The molecule has 0 aliphatic carbocycles. The summed E-state index contributed by atoms with van der Waals surface area (Å²) >= 11 is 5.88. The molecule has 8 heteroatoms. The molecule has 0 atom stereocenters. The molecule has 0 bridgehead atoms. The van der Waals surface area contributed by atoms with Gasteiger partial charge in [0.05, 0.1) is 0 Å². The first-order chi connectivity index (χ1) is 9.79. The molecule has 0 radical (unpaired) electrons.